The molecule has 0 spiro atoms. The van der Waals surface area contributed by atoms with Crippen LogP contribution in [0.25, 0.3) is 10.2 Å². The van der Waals surface area contributed by atoms with E-state index in [0.29, 0.717) is 13.3 Å². The minimum Gasteiger partial charge on any atom is -0.355 e. The van der Waals surface area contributed by atoms with Crippen LogP contribution >= 0.6 is 23.1 Å². The molecule has 0 amide bonds. The molecule has 0 unspecified atom stereocenters. The lowest BCUT2D eigenvalue weighted by molar-refractivity contribution is -0.130. The standard InChI is InChI=1S/C18H22N2O3S2/c1-2-8-20-17(21)15-13-5-3-4-6-14(13)25-16(15)19-18(20)24-10-12-7-9-22-11-23-12/h2,12H,1,3-11H2/t12-/m1/s1. The molecule has 1 saturated heterocycles. The Balaban J connectivity index is 1.70. The van der Waals surface area contributed by atoms with E-state index in [2.05, 4.69) is 6.58 Å². The van der Waals surface area contributed by atoms with Crippen LogP contribution in [0.2, 0.25) is 0 Å². The van der Waals surface area contributed by atoms with Crippen molar-refractivity contribution in [1.29, 1.82) is 0 Å². The van der Waals surface area contributed by atoms with E-state index < -0.39 is 0 Å². The Labute approximate surface area is 155 Å². The van der Waals surface area contributed by atoms with Crippen LogP contribution in [0.1, 0.15) is 29.7 Å². The fourth-order valence-electron chi connectivity index (χ4n) is 3.42. The van der Waals surface area contributed by atoms with Crippen LogP contribution in [0.15, 0.2) is 22.6 Å². The van der Waals surface area contributed by atoms with Gasteiger partial charge in [-0.15, -0.1) is 17.9 Å². The average molecular weight is 379 g/mol. The predicted molar refractivity (Wildman–Crippen MR) is 102 cm³/mol. The van der Waals surface area contributed by atoms with Gasteiger partial charge in [-0.3, -0.25) is 9.36 Å². The zero-order valence-corrected chi connectivity index (χ0v) is 15.8. The summed E-state index contributed by atoms with van der Waals surface area (Å²) in [6, 6.07) is 0. The molecule has 2 aliphatic rings. The summed E-state index contributed by atoms with van der Waals surface area (Å²) in [7, 11) is 0. The third kappa shape index (κ3) is 3.43. The van der Waals surface area contributed by atoms with Gasteiger partial charge in [-0.1, -0.05) is 17.8 Å². The molecule has 1 aliphatic heterocycles. The Morgan fingerprint density at radius 1 is 1.40 bits per heavy atom. The molecule has 134 valence electrons. The summed E-state index contributed by atoms with van der Waals surface area (Å²) >= 11 is 3.30. The molecule has 2 aromatic heterocycles. The quantitative estimate of drug-likeness (QED) is 0.454. The van der Waals surface area contributed by atoms with Crippen LogP contribution in [-0.4, -0.2) is 34.8 Å². The highest BCUT2D eigenvalue weighted by Gasteiger charge is 2.23. The second-order valence-electron chi connectivity index (χ2n) is 6.40. The van der Waals surface area contributed by atoms with Gasteiger partial charge in [0.1, 0.15) is 11.6 Å². The van der Waals surface area contributed by atoms with E-state index in [1.165, 1.54) is 16.9 Å². The van der Waals surface area contributed by atoms with Crippen molar-refractivity contribution in [3.05, 3.63) is 33.4 Å². The van der Waals surface area contributed by atoms with Crippen molar-refractivity contribution in [3.63, 3.8) is 0 Å². The van der Waals surface area contributed by atoms with Gasteiger partial charge in [-0.2, -0.15) is 0 Å². The van der Waals surface area contributed by atoms with E-state index >= 15 is 0 Å². The Morgan fingerprint density at radius 2 is 2.28 bits per heavy atom. The number of fused-ring (bicyclic) bond motifs is 3. The van der Waals surface area contributed by atoms with E-state index in [4.69, 9.17) is 14.5 Å². The second kappa shape index (κ2) is 7.61. The van der Waals surface area contributed by atoms with Gasteiger partial charge < -0.3 is 9.47 Å². The zero-order chi connectivity index (χ0) is 17.2. The van der Waals surface area contributed by atoms with E-state index in [9.17, 15) is 4.79 Å². The van der Waals surface area contributed by atoms with Crippen molar-refractivity contribution >= 4 is 33.3 Å². The molecule has 0 radical (unpaired) electrons. The first-order valence-corrected chi connectivity index (χ1v) is 10.6. The summed E-state index contributed by atoms with van der Waals surface area (Å²) in [6.07, 6.45) is 7.26. The molecule has 1 atom stereocenters. The van der Waals surface area contributed by atoms with Crippen molar-refractivity contribution in [1.82, 2.24) is 9.55 Å². The maximum Gasteiger partial charge on any atom is 0.263 e. The molecule has 0 aromatic carbocycles. The first-order chi connectivity index (χ1) is 12.3. The van der Waals surface area contributed by atoms with Crippen LogP contribution in [-0.2, 0) is 28.9 Å². The smallest absolute Gasteiger partial charge is 0.263 e. The zero-order valence-electron chi connectivity index (χ0n) is 14.2. The van der Waals surface area contributed by atoms with Crippen molar-refractivity contribution in [2.45, 2.75) is 49.9 Å². The molecule has 25 heavy (non-hydrogen) atoms. The maximum atomic E-state index is 13.1. The highest BCUT2D eigenvalue weighted by atomic mass is 32.2. The number of aromatic nitrogens is 2. The third-order valence-corrected chi connectivity index (χ3v) is 7.02. The number of thioether (sulfide) groups is 1. The summed E-state index contributed by atoms with van der Waals surface area (Å²) in [5.74, 6) is 0.781. The lowest BCUT2D eigenvalue weighted by Crippen LogP contribution is -2.27. The second-order valence-corrected chi connectivity index (χ2v) is 8.48. The lowest BCUT2D eigenvalue weighted by atomic mass is 9.97. The van der Waals surface area contributed by atoms with Crippen LogP contribution < -0.4 is 5.56 Å². The fraction of sp³-hybridized carbons (Fsp3) is 0.556. The number of aryl methyl sites for hydroxylation is 2. The van der Waals surface area contributed by atoms with Gasteiger partial charge in [-0.05, 0) is 37.7 Å². The van der Waals surface area contributed by atoms with E-state index in [-0.39, 0.29) is 11.7 Å². The number of hydrogen-bond acceptors (Lipinski definition) is 6. The molecular weight excluding hydrogens is 356 g/mol. The summed E-state index contributed by atoms with van der Waals surface area (Å²) in [6.45, 7) is 5.38. The summed E-state index contributed by atoms with van der Waals surface area (Å²) in [5, 5.41) is 1.61. The van der Waals surface area contributed by atoms with Crippen molar-refractivity contribution in [2.75, 3.05) is 19.2 Å². The molecule has 3 heterocycles. The number of nitrogens with zero attached hydrogens (tertiary/aromatic N) is 2. The highest BCUT2D eigenvalue weighted by molar-refractivity contribution is 7.99. The molecule has 2 aromatic rings. The number of rotatable bonds is 5. The number of allylic oxidation sites excluding steroid dienone is 1. The average Bonchev–Trinajstić information content (AvgIpc) is 3.02. The fourth-order valence-corrected chi connectivity index (χ4v) is 5.80. The van der Waals surface area contributed by atoms with Gasteiger partial charge in [0.25, 0.3) is 5.56 Å². The maximum absolute atomic E-state index is 13.1. The van der Waals surface area contributed by atoms with Crippen LogP contribution in [0.4, 0.5) is 0 Å². The lowest BCUT2D eigenvalue weighted by Gasteiger charge is -2.22. The number of ether oxygens (including phenoxy) is 2. The molecule has 1 fully saturated rings. The molecule has 4 rings (SSSR count). The van der Waals surface area contributed by atoms with Gasteiger partial charge in [-0.25, -0.2) is 4.98 Å². The molecule has 5 nitrogen and oxygen atoms in total. The number of hydrogen-bond donors (Lipinski definition) is 0. The monoisotopic (exact) mass is 378 g/mol. The molecular formula is C18H22N2O3S2. The van der Waals surface area contributed by atoms with Crippen molar-refractivity contribution in [3.8, 4) is 0 Å². The first-order valence-electron chi connectivity index (χ1n) is 8.76. The molecule has 0 saturated carbocycles. The van der Waals surface area contributed by atoms with Crippen LogP contribution in [0, 0.1) is 0 Å². The topological polar surface area (TPSA) is 53.4 Å². The largest absolute Gasteiger partial charge is 0.355 e. The molecule has 0 N–H and O–H groups in total. The normalized spacial score (nSPS) is 20.6. The predicted octanol–water partition coefficient (Wildman–Crippen LogP) is 3.38. The Kier molecular flexibility index (Phi) is 5.26. The van der Waals surface area contributed by atoms with Gasteiger partial charge in [0.05, 0.1) is 18.1 Å². The van der Waals surface area contributed by atoms with Gasteiger partial charge in [0.15, 0.2) is 5.16 Å². The highest BCUT2D eigenvalue weighted by Crippen LogP contribution is 2.34. The molecule has 1 aliphatic carbocycles. The van der Waals surface area contributed by atoms with E-state index in [0.717, 1.165) is 53.4 Å². The SMILES string of the molecule is C=CCn1c(SC[C@H]2CCOCO2)nc2sc3c(c2c1=O)CCCC3. The number of thiophene rings is 1. The van der Waals surface area contributed by atoms with Crippen LogP contribution in [0.5, 0.6) is 0 Å². The first kappa shape index (κ1) is 17.3. The minimum atomic E-state index is 0.0831. The van der Waals surface area contributed by atoms with Gasteiger partial charge in [0.2, 0.25) is 0 Å². The van der Waals surface area contributed by atoms with Crippen LogP contribution in [0.3, 0.4) is 0 Å². The Morgan fingerprint density at radius 3 is 3.08 bits per heavy atom. The molecule has 7 heteroatoms. The van der Waals surface area contributed by atoms with Gasteiger partial charge in [0, 0.05) is 17.2 Å². The minimum absolute atomic E-state index is 0.0831. The Bertz CT molecular complexity index is 837. The summed E-state index contributed by atoms with van der Waals surface area (Å²) in [5.41, 5.74) is 1.32. The third-order valence-electron chi connectivity index (χ3n) is 4.72. The van der Waals surface area contributed by atoms with Crippen molar-refractivity contribution in [2.24, 2.45) is 0 Å². The van der Waals surface area contributed by atoms with Gasteiger partial charge >= 0.3 is 0 Å². The van der Waals surface area contributed by atoms with E-state index in [1.54, 1.807) is 33.7 Å². The van der Waals surface area contributed by atoms with Crippen molar-refractivity contribution < 1.29 is 9.47 Å². The van der Waals surface area contributed by atoms with E-state index in [1.807, 2.05) is 0 Å². The molecule has 0 bridgehead atoms. The Hall–Kier alpha value is -1.15. The summed E-state index contributed by atoms with van der Waals surface area (Å²) in [4.78, 5) is 20.2. The summed E-state index contributed by atoms with van der Waals surface area (Å²) < 4.78 is 12.6.